The number of methoxy groups -OCH3 is 1. The molecule has 0 aliphatic heterocycles. The lowest BCUT2D eigenvalue weighted by atomic mass is 10.1. The second kappa shape index (κ2) is 8.22. The highest BCUT2D eigenvalue weighted by atomic mass is 35.5. The molecule has 0 amide bonds. The minimum absolute atomic E-state index is 0.102. The summed E-state index contributed by atoms with van der Waals surface area (Å²) in [6, 6.07) is 17.6. The molecule has 0 saturated heterocycles. The SMILES string of the molecule is COCc1nn2c(ncc3c(=O)n(Cc4ccc(C)cc4)ccc32)c1-c1ccc(Cl)cc1. The van der Waals surface area contributed by atoms with E-state index in [2.05, 4.69) is 4.98 Å². The van der Waals surface area contributed by atoms with Gasteiger partial charge in [0, 0.05) is 24.5 Å². The van der Waals surface area contributed by atoms with Crippen LogP contribution < -0.4 is 5.56 Å². The minimum Gasteiger partial charge on any atom is -0.378 e. The molecule has 0 aliphatic rings. The molecule has 160 valence electrons. The Morgan fingerprint density at radius 3 is 2.50 bits per heavy atom. The summed E-state index contributed by atoms with van der Waals surface area (Å²) in [6.07, 6.45) is 3.44. The quantitative estimate of drug-likeness (QED) is 0.388. The van der Waals surface area contributed by atoms with E-state index in [4.69, 9.17) is 21.4 Å². The van der Waals surface area contributed by atoms with Gasteiger partial charge < -0.3 is 9.30 Å². The van der Waals surface area contributed by atoms with Gasteiger partial charge in [-0.1, -0.05) is 53.6 Å². The number of rotatable bonds is 5. The van der Waals surface area contributed by atoms with Gasteiger partial charge in [-0.05, 0) is 36.2 Å². The zero-order valence-electron chi connectivity index (χ0n) is 17.7. The van der Waals surface area contributed by atoms with E-state index in [-0.39, 0.29) is 5.56 Å². The molecule has 3 aromatic heterocycles. The topological polar surface area (TPSA) is 61.4 Å². The van der Waals surface area contributed by atoms with E-state index in [1.54, 1.807) is 22.4 Å². The van der Waals surface area contributed by atoms with Crippen LogP contribution in [0.2, 0.25) is 5.02 Å². The Morgan fingerprint density at radius 2 is 1.78 bits per heavy atom. The monoisotopic (exact) mass is 444 g/mol. The number of aromatic nitrogens is 4. The van der Waals surface area contributed by atoms with Crippen LogP contribution in [-0.2, 0) is 17.9 Å². The van der Waals surface area contributed by atoms with Crippen molar-refractivity contribution in [1.82, 2.24) is 19.2 Å². The van der Waals surface area contributed by atoms with E-state index in [0.717, 1.165) is 22.4 Å². The van der Waals surface area contributed by atoms with Crippen LogP contribution in [0.25, 0.3) is 27.7 Å². The third-order valence-electron chi connectivity index (χ3n) is 5.54. The highest BCUT2D eigenvalue weighted by Crippen LogP contribution is 2.30. The van der Waals surface area contributed by atoms with E-state index in [1.165, 1.54) is 5.56 Å². The summed E-state index contributed by atoms with van der Waals surface area (Å²) >= 11 is 6.07. The number of hydrogen-bond donors (Lipinski definition) is 0. The number of pyridine rings is 1. The van der Waals surface area contributed by atoms with Gasteiger partial charge in [0.25, 0.3) is 5.56 Å². The zero-order chi connectivity index (χ0) is 22.2. The van der Waals surface area contributed by atoms with Crippen molar-refractivity contribution >= 4 is 28.2 Å². The molecule has 0 spiro atoms. The Hall–Kier alpha value is -3.48. The number of benzene rings is 2. The van der Waals surface area contributed by atoms with Crippen LogP contribution >= 0.6 is 11.6 Å². The molecule has 0 unspecified atom stereocenters. The third-order valence-corrected chi connectivity index (χ3v) is 5.80. The lowest BCUT2D eigenvalue weighted by molar-refractivity contribution is 0.181. The van der Waals surface area contributed by atoms with Crippen molar-refractivity contribution in [2.45, 2.75) is 20.1 Å². The van der Waals surface area contributed by atoms with Crippen LogP contribution in [0.3, 0.4) is 0 Å². The Balaban J connectivity index is 1.67. The summed E-state index contributed by atoms with van der Waals surface area (Å²) in [6.45, 7) is 2.87. The lowest BCUT2D eigenvalue weighted by Crippen LogP contribution is -2.21. The third kappa shape index (κ3) is 3.57. The van der Waals surface area contributed by atoms with Gasteiger partial charge in [0.1, 0.15) is 0 Å². The average molecular weight is 445 g/mol. The van der Waals surface area contributed by atoms with Crippen molar-refractivity contribution in [1.29, 1.82) is 0 Å². The fraction of sp³-hybridized carbons (Fsp3) is 0.160. The summed E-state index contributed by atoms with van der Waals surface area (Å²) in [5.41, 5.74) is 6.09. The molecule has 5 rings (SSSR count). The number of ether oxygens (including phenoxy) is 1. The molecule has 0 fully saturated rings. The van der Waals surface area contributed by atoms with Gasteiger partial charge in [-0.15, -0.1) is 0 Å². The van der Waals surface area contributed by atoms with Gasteiger partial charge >= 0.3 is 0 Å². The van der Waals surface area contributed by atoms with Crippen molar-refractivity contribution in [3.63, 3.8) is 0 Å². The number of aryl methyl sites for hydroxylation is 1. The van der Waals surface area contributed by atoms with E-state index in [0.29, 0.717) is 34.7 Å². The molecule has 6 nitrogen and oxygen atoms in total. The first-order valence-electron chi connectivity index (χ1n) is 10.3. The van der Waals surface area contributed by atoms with Gasteiger partial charge in [-0.3, -0.25) is 4.79 Å². The molecule has 3 heterocycles. The molecular formula is C25H21ClN4O2. The maximum atomic E-state index is 13.2. The lowest BCUT2D eigenvalue weighted by Gasteiger charge is -2.09. The van der Waals surface area contributed by atoms with E-state index in [1.807, 2.05) is 67.7 Å². The fourth-order valence-corrected chi connectivity index (χ4v) is 4.04. The molecule has 7 heteroatoms. The highest BCUT2D eigenvalue weighted by Gasteiger charge is 2.18. The first-order valence-corrected chi connectivity index (χ1v) is 10.6. The van der Waals surface area contributed by atoms with Gasteiger partial charge in [-0.2, -0.15) is 5.10 Å². The average Bonchev–Trinajstić information content (AvgIpc) is 3.16. The van der Waals surface area contributed by atoms with Crippen LogP contribution in [-0.4, -0.2) is 26.3 Å². The first-order chi connectivity index (χ1) is 15.5. The zero-order valence-corrected chi connectivity index (χ0v) is 18.5. The molecule has 0 atom stereocenters. The largest absolute Gasteiger partial charge is 0.378 e. The van der Waals surface area contributed by atoms with E-state index >= 15 is 0 Å². The van der Waals surface area contributed by atoms with Crippen molar-refractivity contribution in [2.75, 3.05) is 7.11 Å². The van der Waals surface area contributed by atoms with Gasteiger partial charge in [0.15, 0.2) is 5.65 Å². The van der Waals surface area contributed by atoms with E-state index in [9.17, 15) is 4.79 Å². The second-order valence-corrected chi connectivity index (χ2v) is 8.22. The molecule has 0 radical (unpaired) electrons. The number of hydrogen-bond acceptors (Lipinski definition) is 4. The predicted octanol–water partition coefficient (Wildman–Crippen LogP) is 4.87. The Kier molecular flexibility index (Phi) is 5.25. The fourth-order valence-electron chi connectivity index (χ4n) is 3.92. The Bertz CT molecular complexity index is 1490. The summed E-state index contributed by atoms with van der Waals surface area (Å²) < 4.78 is 8.80. The summed E-state index contributed by atoms with van der Waals surface area (Å²) in [7, 11) is 1.63. The van der Waals surface area contributed by atoms with Crippen LogP contribution in [0.15, 0.2) is 71.8 Å². The number of halogens is 1. The standard InChI is InChI=1S/C25H21ClN4O2/c1-16-3-5-17(6-4-16)14-29-12-11-22-20(25(29)31)13-27-24-23(18-7-9-19(26)10-8-18)21(15-32-2)28-30(22)24/h3-13H,14-15H2,1-2H3. The van der Waals surface area contributed by atoms with Crippen LogP contribution in [0.1, 0.15) is 16.8 Å². The summed E-state index contributed by atoms with van der Waals surface area (Å²) in [5.74, 6) is 0. The molecular weight excluding hydrogens is 424 g/mol. The molecule has 2 aromatic carbocycles. The smallest absolute Gasteiger partial charge is 0.261 e. The predicted molar refractivity (Wildman–Crippen MR) is 126 cm³/mol. The van der Waals surface area contributed by atoms with Crippen molar-refractivity contribution in [3.05, 3.63) is 99.2 Å². The van der Waals surface area contributed by atoms with E-state index < -0.39 is 0 Å². The molecule has 0 aliphatic carbocycles. The maximum absolute atomic E-state index is 13.2. The van der Waals surface area contributed by atoms with Crippen LogP contribution in [0, 0.1) is 6.92 Å². The highest BCUT2D eigenvalue weighted by molar-refractivity contribution is 6.30. The van der Waals surface area contributed by atoms with Crippen molar-refractivity contribution < 1.29 is 4.74 Å². The molecule has 0 saturated carbocycles. The maximum Gasteiger partial charge on any atom is 0.261 e. The Labute approximate surface area is 189 Å². The number of fused-ring (bicyclic) bond motifs is 3. The van der Waals surface area contributed by atoms with Gasteiger partial charge in [-0.25, -0.2) is 9.50 Å². The van der Waals surface area contributed by atoms with Crippen molar-refractivity contribution in [2.24, 2.45) is 0 Å². The van der Waals surface area contributed by atoms with Crippen LogP contribution in [0.5, 0.6) is 0 Å². The van der Waals surface area contributed by atoms with Gasteiger partial charge in [0.05, 0.1) is 35.3 Å². The summed E-state index contributed by atoms with van der Waals surface area (Å²) in [4.78, 5) is 17.8. The second-order valence-electron chi connectivity index (χ2n) is 7.79. The first kappa shape index (κ1) is 20.4. The molecule has 0 N–H and O–H groups in total. The minimum atomic E-state index is -0.102. The van der Waals surface area contributed by atoms with Gasteiger partial charge in [0.2, 0.25) is 0 Å². The molecule has 5 aromatic rings. The molecule has 0 bridgehead atoms. The summed E-state index contributed by atoms with van der Waals surface area (Å²) in [5, 5.41) is 5.92. The Morgan fingerprint density at radius 1 is 1.03 bits per heavy atom. The number of nitrogens with zero attached hydrogens (tertiary/aromatic N) is 4. The normalized spacial score (nSPS) is 11.5. The van der Waals surface area contributed by atoms with Crippen molar-refractivity contribution in [3.8, 4) is 11.1 Å². The van der Waals surface area contributed by atoms with Crippen LogP contribution in [0.4, 0.5) is 0 Å². The molecule has 32 heavy (non-hydrogen) atoms.